The molecule has 0 saturated heterocycles. The zero-order valence-corrected chi connectivity index (χ0v) is 8.73. The molecule has 0 aliphatic heterocycles. The van der Waals surface area contributed by atoms with Crippen LogP contribution in [0.3, 0.4) is 0 Å². The molecule has 4 heteroatoms. The smallest absolute Gasteiger partial charge is 0.370 e. The van der Waals surface area contributed by atoms with Crippen molar-refractivity contribution in [2.75, 3.05) is 0 Å². The lowest BCUT2D eigenvalue weighted by Gasteiger charge is -1.87. The van der Waals surface area contributed by atoms with Crippen molar-refractivity contribution in [3.63, 3.8) is 0 Å². The van der Waals surface area contributed by atoms with Gasteiger partial charge in [0.1, 0.15) is 0 Å². The standard InChI is InChI=1S/C7H7NO2.C5H5N/c9-7(10)6-8-4-2-1-3-5-8;1-2-4-6-5-3-1/h1-5H,6H2;1-5H/p+1. The molecule has 0 fully saturated rings. The fourth-order valence-electron chi connectivity index (χ4n) is 1.01. The lowest BCUT2D eigenvalue weighted by molar-refractivity contribution is -0.685. The summed E-state index contributed by atoms with van der Waals surface area (Å²) in [4.78, 5) is 13.9. The first-order valence-electron chi connectivity index (χ1n) is 4.80. The van der Waals surface area contributed by atoms with Crippen molar-refractivity contribution in [3.05, 3.63) is 61.2 Å². The zero-order valence-electron chi connectivity index (χ0n) is 8.73. The van der Waals surface area contributed by atoms with E-state index in [0.717, 1.165) is 0 Å². The molecule has 2 heterocycles. The summed E-state index contributed by atoms with van der Waals surface area (Å²) in [5, 5.41) is 8.35. The number of hydrogen-bond donors (Lipinski definition) is 1. The molecule has 0 amide bonds. The van der Waals surface area contributed by atoms with Gasteiger partial charge in [0.2, 0.25) is 6.54 Å². The van der Waals surface area contributed by atoms with Crippen LogP contribution in [0.25, 0.3) is 0 Å². The quantitative estimate of drug-likeness (QED) is 0.767. The molecule has 0 unspecified atom stereocenters. The van der Waals surface area contributed by atoms with Crippen LogP contribution in [0.15, 0.2) is 61.2 Å². The topological polar surface area (TPSA) is 54.1 Å². The van der Waals surface area contributed by atoms with Gasteiger partial charge in [-0.05, 0) is 12.1 Å². The van der Waals surface area contributed by atoms with E-state index in [9.17, 15) is 4.79 Å². The summed E-state index contributed by atoms with van der Waals surface area (Å²) < 4.78 is 1.60. The van der Waals surface area contributed by atoms with Crippen LogP contribution < -0.4 is 4.57 Å². The van der Waals surface area contributed by atoms with Gasteiger partial charge in [-0.3, -0.25) is 4.98 Å². The second-order valence-corrected chi connectivity index (χ2v) is 2.97. The number of carboxylic acid groups (broad SMARTS) is 1. The largest absolute Gasteiger partial charge is 0.477 e. The van der Waals surface area contributed by atoms with Crippen molar-refractivity contribution in [1.82, 2.24) is 4.98 Å². The van der Waals surface area contributed by atoms with Crippen LogP contribution in [0.4, 0.5) is 0 Å². The van der Waals surface area contributed by atoms with Crippen LogP contribution in [0, 0.1) is 0 Å². The first-order valence-corrected chi connectivity index (χ1v) is 4.80. The summed E-state index contributed by atoms with van der Waals surface area (Å²) in [6.45, 7) is 0.0286. The number of rotatable bonds is 2. The Labute approximate surface area is 93.8 Å². The normalized spacial score (nSPS) is 8.75. The number of carbonyl (C=O) groups is 1. The lowest BCUT2D eigenvalue weighted by atomic mass is 10.5. The van der Waals surface area contributed by atoms with E-state index in [2.05, 4.69) is 4.98 Å². The average Bonchev–Trinajstić information content (AvgIpc) is 2.32. The summed E-state index contributed by atoms with van der Waals surface area (Å²) in [7, 11) is 0. The Morgan fingerprint density at radius 3 is 1.94 bits per heavy atom. The Hall–Kier alpha value is -2.23. The summed E-state index contributed by atoms with van der Waals surface area (Å²) in [6, 6.07) is 11.2. The van der Waals surface area contributed by atoms with Crippen LogP contribution in [0.2, 0.25) is 0 Å². The fourth-order valence-corrected chi connectivity index (χ4v) is 1.01. The Morgan fingerprint density at radius 1 is 1.00 bits per heavy atom. The van der Waals surface area contributed by atoms with Crippen molar-refractivity contribution in [2.24, 2.45) is 0 Å². The molecule has 2 aromatic rings. The predicted octanol–water partition coefficient (Wildman–Crippen LogP) is 1.14. The highest BCUT2D eigenvalue weighted by atomic mass is 16.4. The second-order valence-electron chi connectivity index (χ2n) is 2.97. The molecule has 0 spiro atoms. The van der Waals surface area contributed by atoms with Crippen molar-refractivity contribution >= 4 is 5.97 Å². The van der Waals surface area contributed by atoms with Gasteiger partial charge >= 0.3 is 5.97 Å². The van der Waals surface area contributed by atoms with E-state index >= 15 is 0 Å². The highest BCUT2D eigenvalue weighted by Crippen LogP contribution is 1.76. The van der Waals surface area contributed by atoms with Crippen molar-refractivity contribution in [1.29, 1.82) is 0 Å². The number of aromatic nitrogens is 2. The van der Waals surface area contributed by atoms with E-state index in [1.165, 1.54) is 0 Å². The molecule has 4 nitrogen and oxygen atoms in total. The minimum atomic E-state index is -0.823. The van der Waals surface area contributed by atoms with Gasteiger partial charge in [0, 0.05) is 24.5 Å². The molecule has 0 aliphatic rings. The number of carboxylic acids is 1. The molecule has 0 saturated carbocycles. The summed E-state index contributed by atoms with van der Waals surface area (Å²) in [5.74, 6) is -0.823. The first-order chi connectivity index (χ1) is 7.79. The van der Waals surface area contributed by atoms with Gasteiger partial charge in [-0.1, -0.05) is 12.1 Å². The molecular formula is C12H13N2O2+. The molecule has 0 atom stereocenters. The van der Waals surface area contributed by atoms with Gasteiger partial charge in [0.05, 0.1) is 0 Å². The van der Waals surface area contributed by atoms with E-state index in [1.54, 1.807) is 41.5 Å². The summed E-state index contributed by atoms with van der Waals surface area (Å²) in [6.07, 6.45) is 6.93. The number of aliphatic carboxylic acids is 1. The third-order valence-corrected chi connectivity index (χ3v) is 1.66. The Morgan fingerprint density at radius 2 is 1.56 bits per heavy atom. The SMILES string of the molecule is O=C(O)C[n+]1ccccc1.c1ccncc1. The molecule has 16 heavy (non-hydrogen) atoms. The zero-order chi connectivity index (χ0) is 11.6. The molecule has 0 radical (unpaired) electrons. The number of nitrogens with zero attached hydrogens (tertiary/aromatic N) is 2. The van der Waals surface area contributed by atoms with Gasteiger partial charge in [-0.2, -0.15) is 4.57 Å². The third-order valence-electron chi connectivity index (χ3n) is 1.66. The molecule has 0 bridgehead atoms. The molecule has 2 aromatic heterocycles. The molecule has 2 rings (SSSR count). The first kappa shape index (κ1) is 11.8. The predicted molar refractivity (Wildman–Crippen MR) is 58.5 cm³/mol. The molecular weight excluding hydrogens is 204 g/mol. The average molecular weight is 217 g/mol. The maximum absolute atomic E-state index is 10.1. The van der Waals surface area contributed by atoms with Crippen molar-refractivity contribution in [3.8, 4) is 0 Å². The van der Waals surface area contributed by atoms with Crippen LogP contribution in [-0.2, 0) is 11.3 Å². The van der Waals surface area contributed by atoms with Crippen LogP contribution >= 0.6 is 0 Å². The third kappa shape index (κ3) is 5.49. The number of hydrogen-bond acceptors (Lipinski definition) is 2. The monoisotopic (exact) mass is 217 g/mol. The van der Waals surface area contributed by atoms with Gasteiger partial charge in [-0.15, -0.1) is 0 Å². The minimum Gasteiger partial charge on any atom is -0.477 e. The Kier molecular flexibility index (Phi) is 5.27. The minimum absolute atomic E-state index is 0.0286. The van der Waals surface area contributed by atoms with E-state index in [0.29, 0.717) is 0 Å². The van der Waals surface area contributed by atoms with Gasteiger partial charge in [0.15, 0.2) is 12.4 Å². The lowest BCUT2D eigenvalue weighted by Crippen LogP contribution is -2.36. The maximum Gasteiger partial charge on any atom is 0.370 e. The van der Waals surface area contributed by atoms with E-state index in [4.69, 9.17) is 5.11 Å². The van der Waals surface area contributed by atoms with Crippen LogP contribution in [0.1, 0.15) is 0 Å². The van der Waals surface area contributed by atoms with E-state index < -0.39 is 5.97 Å². The summed E-state index contributed by atoms with van der Waals surface area (Å²) in [5.41, 5.74) is 0. The molecule has 1 N–H and O–H groups in total. The van der Waals surface area contributed by atoms with Gasteiger partial charge in [0.25, 0.3) is 0 Å². The second kappa shape index (κ2) is 7.11. The maximum atomic E-state index is 10.1. The van der Waals surface area contributed by atoms with Crippen LogP contribution in [0.5, 0.6) is 0 Å². The van der Waals surface area contributed by atoms with Crippen LogP contribution in [-0.4, -0.2) is 16.1 Å². The van der Waals surface area contributed by atoms with E-state index in [-0.39, 0.29) is 6.54 Å². The molecule has 0 aromatic carbocycles. The Balaban J connectivity index is 0.000000181. The highest BCUT2D eigenvalue weighted by Gasteiger charge is 2.03. The summed E-state index contributed by atoms with van der Waals surface area (Å²) >= 11 is 0. The highest BCUT2D eigenvalue weighted by molar-refractivity contribution is 5.64. The van der Waals surface area contributed by atoms with Crippen molar-refractivity contribution < 1.29 is 14.5 Å². The van der Waals surface area contributed by atoms with Gasteiger partial charge in [-0.25, -0.2) is 4.79 Å². The Bertz CT molecular complexity index is 377. The van der Waals surface area contributed by atoms with Gasteiger partial charge < -0.3 is 5.11 Å². The van der Waals surface area contributed by atoms with E-state index in [1.807, 2.05) is 24.3 Å². The molecule has 0 aliphatic carbocycles. The van der Waals surface area contributed by atoms with Crippen molar-refractivity contribution in [2.45, 2.75) is 6.54 Å². The number of pyridine rings is 2. The molecule has 82 valence electrons. The fraction of sp³-hybridized carbons (Fsp3) is 0.0833.